The van der Waals surface area contributed by atoms with E-state index in [4.69, 9.17) is 0 Å². The second kappa shape index (κ2) is 9.76. The number of thiophene rings is 1. The Morgan fingerprint density at radius 2 is 1.84 bits per heavy atom. The molecule has 1 aromatic heterocycles. The fourth-order valence-electron chi connectivity index (χ4n) is 3.44. The number of rotatable bonds is 6. The van der Waals surface area contributed by atoms with Crippen molar-refractivity contribution in [1.29, 1.82) is 15.8 Å². The number of aryl methyl sites for hydroxylation is 2. The van der Waals surface area contributed by atoms with Crippen LogP contribution in [0, 0.1) is 34.0 Å². The number of fused-ring (bicyclic) bond motifs is 1. The van der Waals surface area contributed by atoms with Crippen molar-refractivity contribution in [2.75, 3.05) is 5.32 Å². The highest BCUT2D eigenvalue weighted by Crippen LogP contribution is 2.38. The first-order valence-electron chi connectivity index (χ1n) is 9.92. The second-order valence-corrected chi connectivity index (χ2v) is 8.18. The zero-order valence-electron chi connectivity index (χ0n) is 17.0. The molecule has 0 unspecified atom stereocenters. The summed E-state index contributed by atoms with van der Waals surface area (Å²) < 4.78 is 0. The fourth-order valence-corrected chi connectivity index (χ4v) is 4.69. The lowest BCUT2D eigenvalue weighted by molar-refractivity contribution is 0.104. The van der Waals surface area contributed by atoms with Crippen molar-refractivity contribution in [3.8, 4) is 18.2 Å². The third-order valence-electron chi connectivity index (χ3n) is 5.17. The number of benzene rings is 1. The number of hydrogen-bond acceptors (Lipinski definition) is 7. The van der Waals surface area contributed by atoms with Crippen LogP contribution in [0.5, 0.6) is 0 Å². The maximum atomic E-state index is 12.8. The van der Waals surface area contributed by atoms with E-state index in [0.717, 1.165) is 54.2 Å². The van der Waals surface area contributed by atoms with Crippen LogP contribution in [0.2, 0.25) is 0 Å². The van der Waals surface area contributed by atoms with E-state index in [1.54, 1.807) is 24.3 Å². The Kier molecular flexibility index (Phi) is 6.88. The molecule has 1 aliphatic rings. The lowest BCUT2D eigenvalue weighted by Crippen LogP contribution is -2.08. The van der Waals surface area contributed by atoms with Gasteiger partial charge in [0.05, 0.1) is 11.3 Å². The summed E-state index contributed by atoms with van der Waals surface area (Å²) in [6.07, 6.45) is 5.73. The van der Waals surface area contributed by atoms with Crippen LogP contribution in [0.3, 0.4) is 0 Å². The zero-order chi connectivity index (χ0) is 22.4. The number of anilines is 1. The van der Waals surface area contributed by atoms with Gasteiger partial charge in [0.15, 0.2) is 17.1 Å². The number of ketones is 1. The molecule has 1 aliphatic carbocycles. The molecule has 31 heavy (non-hydrogen) atoms. The summed E-state index contributed by atoms with van der Waals surface area (Å²) in [5.41, 5.74) is 2.36. The maximum Gasteiger partial charge on any atom is 0.188 e. The Morgan fingerprint density at radius 3 is 2.45 bits per heavy atom. The molecular formula is C24H20N4O2S. The van der Waals surface area contributed by atoms with Gasteiger partial charge in [-0.25, -0.2) is 0 Å². The fraction of sp³-hybridized carbons (Fsp3) is 0.250. The number of aliphatic hydroxyl groups excluding tert-OH is 1. The van der Waals surface area contributed by atoms with Crippen LogP contribution < -0.4 is 5.32 Å². The Morgan fingerprint density at radius 1 is 1.16 bits per heavy atom. The van der Waals surface area contributed by atoms with Gasteiger partial charge in [-0.05, 0) is 43.2 Å². The van der Waals surface area contributed by atoms with Gasteiger partial charge >= 0.3 is 0 Å². The van der Waals surface area contributed by atoms with Crippen LogP contribution in [-0.2, 0) is 19.3 Å². The molecule has 154 valence electrons. The number of carbonyl (C=O) groups is 1. The molecule has 1 heterocycles. The van der Waals surface area contributed by atoms with Crippen LogP contribution in [0.4, 0.5) is 5.00 Å². The van der Waals surface area contributed by atoms with Crippen LogP contribution in [0.1, 0.15) is 51.7 Å². The molecule has 6 nitrogen and oxygen atoms in total. The first-order chi connectivity index (χ1) is 15.0. The topological polar surface area (TPSA) is 121 Å². The molecule has 2 aromatic rings. The Balaban J connectivity index is 2.05. The molecule has 0 spiro atoms. The molecule has 0 bridgehead atoms. The third kappa shape index (κ3) is 4.67. The second-order valence-electron chi connectivity index (χ2n) is 7.07. The number of allylic oxidation sites excluding steroid dienone is 2. The molecule has 1 aromatic carbocycles. The maximum absolute atomic E-state index is 12.8. The Hall–Kier alpha value is -3.86. The van der Waals surface area contributed by atoms with Crippen molar-refractivity contribution in [1.82, 2.24) is 0 Å². The van der Waals surface area contributed by atoms with Gasteiger partial charge in [-0.15, -0.1) is 11.3 Å². The van der Waals surface area contributed by atoms with Crippen LogP contribution in [-0.4, -0.2) is 10.9 Å². The molecule has 0 saturated heterocycles. The van der Waals surface area contributed by atoms with E-state index in [1.807, 2.05) is 19.1 Å². The summed E-state index contributed by atoms with van der Waals surface area (Å²) in [6, 6.07) is 12.6. The first kappa shape index (κ1) is 21.8. The average Bonchev–Trinajstić information content (AvgIpc) is 3.16. The van der Waals surface area contributed by atoms with Crippen molar-refractivity contribution < 1.29 is 9.90 Å². The van der Waals surface area contributed by atoms with Gasteiger partial charge in [-0.1, -0.05) is 31.2 Å². The van der Waals surface area contributed by atoms with Crippen molar-refractivity contribution >= 4 is 22.1 Å². The molecule has 0 saturated carbocycles. The summed E-state index contributed by atoms with van der Waals surface area (Å²) in [6.45, 7) is 2.01. The lowest BCUT2D eigenvalue weighted by Gasteiger charge is -2.10. The van der Waals surface area contributed by atoms with E-state index >= 15 is 0 Å². The monoisotopic (exact) mass is 428 g/mol. The summed E-state index contributed by atoms with van der Waals surface area (Å²) in [5, 5.41) is 42.0. The van der Waals surface area contributed by atoms with Gasteiger partial charge in [0.25, 0.3) is 0 Å². The first-order valence-corrected chi connectivity index (χ1v) is 10.7. The summed E-state index contributed by atoms with van der Waals surface area (Å²) in [5.74, 6) is -1.02. The Bertz CT molecular complexity index is 1180. The van der Waals surface area contributed by atoms with E-state index in [2.05, 4.69) is 11.4 Å². The molecule has 0 radical (unpaired) electrons. The number of nitriles is 3. The minimum Gasteiger partial charge on any atom is -0.504 e. The predicted octanol–water partition coefficient (Wildman–Crippen LogP) is 5.10. The summed E-state index contributed by atoms with van der Waals surface area (Å²) in [4.78, 5) is 13.9. The third-order valence-corrected chi connectivity index (χ3v) is 6.38. The molecule has 0 fully saturated rings. The SMILES string of the molecule is CCc1ccc(C(=O)C=C(Nc2sc3c(c2C#N)CCCC3)C(O)=C(C#N)C#N)cc1. The van der Waals surface area contributed by atoms with Crippen molar-refractivity contribution in [2.24, 2.45) is 0 Å². The number of hydrogen-bond donors (Lipinski definition) is 2. The largest absolute Gasteiger partial charge is 0.504 e. The molecule has 7 heteroatoms. The zero-order valence-corrected chi connectivity index (χ0v) is 17.8. The highest BCUT2D eigenvalue weighted by Gasteiger charge is 2.23. The van der Waals surface area contributed by atoms with E-state index in [1.165, 1.54) is 11.3 Å². The normalized spacial score (nSPS) is 12.6. The Labute approximate surface area is 185 Å². The molecule has 0 atom stereocenters. The van der Waals surface area contributed by atoms with E-state index in [0.29, 0.717) is 16.1 Å². The van der Waals surface area contributed by atoms with Gasteiger partial charge < -0.3 is 10.4 Å². The van der Waals surface area contributed by atoms with Gasteiger partial charge in [0, 0.05) is 16.5 Å². The standard InChI is InChI=1S/C24H20N4O2S/c1-2-15-7-9-16(10-8-15)21(29)11-20(23(30)17(12-25)13-26)28-24-19(14-27)18-5-3-4-6-22(18)31-24/h7-11,28,30H,2-6H2,1H3. The number of nitrogens with one attached hydrogen (secondary N) is 1. The van der Waals surface area contributed by atoms with E-state index in [-0.39, 0.29) is 5.70 Å². The molecule has 3 rings (SSSR count). The van der Waals surface area contributed by atoms with Gasteiger partial charge in [0.2, 0.25) is 0 Å². The van der Waals surface area contributed by atoms with E-state index in [9.17, 15) is 25.7 Å². The predicted molar refractivity (Wildman–Crippen MR) is 118 cm³/mol. The minimum atomic E-state index is -0.626. The summed E-state index contributed by atoms with van der Waals surface area (Å²) >= 11 is 1.40. The van der Waals surface area contributed by atoms with Crippen LogP contribution in [0.15, 0.2) is 47.4 Å². The van der Waals surface area contributed by atoms with Gasteiger partial charge in [-0.3, -0.25) is 4.79 Å². The number of nitrogens with zero attached hydrogens (tertiary/aromatic N) is 3. The smallest absolute Gasteiger partial charge is 0.188 e. The molecule has 0 aliphatic heterocycles. The molecule has 0 amide bonds. The highest BCUT2D eigenvalue weighted by molar-refractivity contribution is 7.16. The van der Waals surface area contributed by atoms with Crippen molar-refractivity contribution in [2.45, 2.75) is 39.0 Å². The van der Waals surface area contributed by atoms with Crippen LogP contribution in [0.25, 0.3) is 0 Å². The summed E-state index contributed by atoms with van der Waals surface area (Å²) in [7, 11) is 0. The average molecular weight is 429 g/mol. The van der Waals surface area contributed by atoms with Crippen molar-refractivity contribution in [3.63, 3.8) is 0 Å². The lowest BCUT2D eigenvalue weighted by atomic mass is 9.96. The van der Waals surface area contributed by atoms with Gasteiger partial charge in [-0.2, -0.15) is 15.8 Å². The van der Waals surface area contributed by atoms with Crippen LogP contribution >= 0.6 is 11.3 Å². The number of aliphatic hydroxyl groups is 1. The molecular weight excluding hydrogens is 408 g/mol. The molecule has 2 N–H and O–H groups in total. The quantitative estimate of drug-likeness (QED) is 0.217. The number of carbonyl (C=O) groups excluding carboxylic acids is 1. The minimum absolute atomic E-state index is 0.0854. The van der Waals surface area contributed by atoms with Crippen molar-refractivity contribution in [3.05, 3.63) is 74.5 Å². The van der Waals surface area contributed by atoms with Gasteiger partial charge in [0.1, 0.15) is 23.2 Å². The highest BCUT2D eigenvalue weighted by atomic mass is 32.1. The van der Waals surface area contributed by atoms with E-state index < -0.39 is 17.1 Å².